The number of rotatable bonds is 1. The molecule has 3 aliphatic heterocycles. The summed E-state index contributed by atoms with van der Waals surface area (Å²) < 4.78 is 5.09. The van der Waals surface area contributed by atoms with Crippen LogP contribution in [0.5, 0.6) is 0 Å². The molecule has 144 valence electrons. The van der Waals surface area contributed by atoms with Crippen LogP contribution in [-0.4, -0.2) is 64.6 Å². The fourth-order valence-electron chi connectivity index (χ4n) is 8.13. The molecule has 5 fully saturated rings. The molecular weight excluding hydrogens is 344 g/mol. The molecule has 0 unspecified atom stereocenters. The van der Waals surface area contributed by atoms with Crippen LogP contribution in [0.1, 0.15) is 37.7 Å². The Morgan fingerprint density at radius 2 is 2.04 bits per heavy atom. The molecule has 0 radical (unpaired) electrons. The van der Waals surface area contributed by atoms with Gasteiger partial charge in [0.05, 0.1) is 12.6 Å². The Morgan fingerprint density at radius 3 is 2.85 bits per heavy atom. The molecule has 2 saturated heterocycles. The number of piperidine rings is 1. The third kappa shape index (κ3) is 1.37. The van der Waals surface area contributed by atoms with Gasteiger partial charge in [0.15, 0.2) is 0 Å². The summed E-state index contributed by atoms with van der Waals surface area (Å²) in [5.74, 6) is -0.712. The maximum absolute atomic E-state index is 13.0. The van der Waals surface area contributed by atoms with Crippen molar-refractivity contribution in [2.45, 2.75) is 60.8 Å². The molecule has 0 aromatic heterocycles. The van der Waals surface area contributed by atoms with Gasteiger partial charge >= 0.3 is 5.97 Å². The van der Waals surface area contributed by atoms with Crippen LogP contribution in [0, 0.1) is 5.41 Å². The highest BCUT2D eigenvalue weighted by Crippen LogP contribution is 2.75. The molecule has 0 amide bonds. The van der Waals surface area contributed by atoms with E-state index < -0.39 is 28.6 Å². The van der Waals surface area contributed by atoms with Gasteiger partial charge in [-0.05, 0) is 56.8 Å². The summed E-state index contributed by atoms with van der Waals surface area (Å²) in [6.45, 7) is 1.96. The van der Waals surface area contributed by atoms with E-state index in [-0.39, 0.29) is 11.5 Å². The van der Waals surface area contributed by atoms with Gasteiger partial charge in [0.1, 0.15) is 6.10 Å². The van der Waals surface area contributed by atoms with E-state index in [1.165, 1.54) is 12.7 Å². The van der Waals surface area contributed by atoms with Gasteiger partial charge in [0, 0.05) is 22.6 Å². The number of anilines is 1. The number of aliphatic hydroxyl groups is 2. The highest BCUT2D eigenvalue weighted by Gasteiger charge is 2.87. The van der Waals surface area contributed by atoms with Crippen molar-refractivity contribution in [1.82, 2.24) is 4.90 Å². The Hall–Kier alpha value is -1.63. The number of methoxy groups -OCH3 is 1. The number of nitrogens with zero attached hydrogens (tertiary/aromatic N) is 1. The van der Waals surface area contributed by atoms with Crippen LogP contribution in [0.3, 0.4) is 0 Å². The Bertz CT molecular complexity index is 860. The van der Waals surface area contributed by atoms with Crippen molar-refractivity contribution in [3.63, 3.8) is 0 Å². The molecule has 1 aromatic carbocycles. The zero-order valence-electron chi connectivity index (χ0n) is 15.6. The number of hydrogen-bond acceptors (Lipinski definition) is 6. The molecule has 6 atom stereocenters. The molecule has 7 rings (SSSR count). The minimum absolute atomic E-state index is 0.142. The highest BCUT2D eigenvalue weighted by molar-refractivity contribution is 5.88. The zero-order chi connectivity index (χ0) is 18.7. The summed E-state index contributed by atoms with van der Waals surface area (Å²) in [4.78, 5) is 15.5. The first-order valence-electron chi connectivity index (χ1n) is 10.1. The second-order valence-corrected chi connectivity index (χ2v) is 9.23. The van der Waals surface area contributed by atoms with Crippen molar-refractivity contribution in [2.24, 2.45) is 5.41 Å². The summed E-state index contributed by atoms with van der Waals surface area (Å²) in [7, 11) is 1.30. The topological polar surface area (TPSA) is 82.0 Å². The molecule has 3 saturated carbocycles. The number of ether oxygens (including phenoxy) is 1. The first-order valence-corrected chi connectivity index (χ1v) is 10.1. The number of fused-ring (bicyclic) bond motifs is 3. The van der Waals surface area contributed by atoms with Crippen LogP contribution in [0.2, 0.25) is 0 Å². The largest absolute Gasteiger partial charge is 0.467 e. The van der Waals surface area contributed by atoms with E-state index in [0.717, 1.165) is 44.5 Å². The number of aliphatic hydroxyl groups excluding tert-OH is 1. The molecule has 27 heavy (non-hydrogen) atoms. The first-order chi connectivity index (χ1) is 13.0. The number of nitrogens with one attached hydrogen (secondary N) is 1. The number of benzene rings is 1. The highest BCUT2D eigenvalue weighted by atomic mass is 16.5. The lowest BCUT2D eigenvalue weighted by Crippen LogP contribution is -2.89. The lowest BCUT2D eigenvalue weighted by Gasteiger charge is -2.72. The van der Waals surface area contributed by atoms with Crippen molar-refractivity contribution in [3.05, 3.63) is 29.8 Å². The summed E-state index contributed by atoms with van der Waals surface area (Å²) in [6, 6.07) is 8.35. The summed E-state index contributed by atoms with van der Waals surface area (Å²) >= 11 is 0. The van der Waals surface area contributed by atoms with Gasteiger partial charge in [-0.15, -0.1) is 0 Å². The van der Waals surface area contributed by atoms with Gasteiger partial charge in [-0.2, -0.15) is 0 Å². The molecule has 3 heterocycles. The minimum atomic E-state index is -1.96. The van der Waals surface area contributed by atoms with Crippen LogP contribution < -0.4 is 5.32 Å². The molecule has 6 heteroatoms. The van der Waals surface area contributed by atoms with Crippen molar-refractivity contribution in [3.8, 4) is 0 Å². The number of para-hydroxylation sites is 1. The number of hydrogen-bond donors (Lipinski definition) is 3. The molecule has 6 nitrogen and oxygen atoms in total. The molecule has 6 aliphatic rings. The smallest absolute Gasteiger partial charge is 0.343 e. The quantitative estimate of drug-likeness (QED) is 0.641. The van der Waals surface area contributed by atoms with Gasteiger partial charge in [-0.1, -0.05) is 18.2 Å². The zero-order valence-corrected chi connectivity index (χ0v) is 15.6. The molecule has 3 aliphatic carbocycles. The van der Waals surface area contributed by atoms with E-state index >= 15 is 0 Å². The van der Waals surface area contributed by atoms with Gasteiger partial charge < -0.3 is 20.3 Å². The van der Waals surface area contributed by atoms with E-state index in [0.29, 0.717) is 6.42 Å². The second-order valence-electron chi connectivity index (χ2n) is 9.23. The summed E-state index contributed by atoms with van der Waals surface area (Å²) in [6.07, 6.45) is 3.06. The molecule has 1 aromatic rings. The Balaban J connectivity index is 1.71. The Morgan fingerprint density at radius 1 is 1.22 bits per heavy atom. The van der Waals surface area contributed by atoms with Gasteiger partial charge in [0.2, 0.25) is 5.60 Å². The average Bonchev–Trinajstić information content (AvgIpc) is 3.24. The maximum atomic E-state index is 13.0. The standard InChI is InChI=1S/C21H26N2O4/c1-27-17(25)21(26)16(24)18-7-4-11-23-12-10-19(15(18)23)13-5-2-3-6-14(13)22-20(19,21)9-8-18/h2-3,5-6,15-16,22,24,26H,4,7-12H2,1H3/t15-,16-,18-,19+,20-,21+/m0/s1. The van der Waals surface area contributed by atoms with E-state index in [1.807, 2.05) is 18.2 Å². The third-order valence-electron chi connectivity index (χ3n) is 8.83. The van der Waals surface area contributed by atoms with E-state index in [9.17, 15) is 15.0 Å². The SMILES string of the molecule is COC(=O)[C@]1(O)[C@@H](O)[C@@]23CCCN4CC[C@@]5(c6ccccc6N[C@]15CC2)[C@@H]43. The van der Waals surface area contributed by atoms with Gasteiger partial charge in [-0.25, -0.2) is 4.79 Å². The van der Waals surface area contributed by atoms with Crippen molar-refractivity contribution in [2.75, 3.05) is 25.5 Å². The fraction of sp³-hybridized carbons (Fsp3) is 0.667. The van der Waals surface area contributed by atoms with Crippen molar-refractivity contribution >= 4 is 11.7 Å². The van der Waals surface area contributed by atoms with Crippen LogP contribution in [0.4, 0.5) is 5.69 Å². The van der Waals surface area contributed by atoms with Gasteiger partial charge in [-0.3, -0.25) is 4.90 Å². The summed E-state index contributed by atoms with van der Waals surface area (Å²) in [5.41, 5.74) is -1.57. The van der Waals surface area contributed by atoms with Crippen LogP contribution in [-0.2, 0) is 14.9 Å². The monoisotopic (exact) mass is 370 g/mol. The van der Waals surface area contributed by atoms with E-state index in [2.05, 4.69) is 16.3 Å². The van der Waals surface area contributed by atoms with Crippen molar-refractivity contribution in [1.29, 1.82) is 0 Å². The molecule has 2 bridgehead atoms. The predicted octanol–water partition coefficient (Wildman–Crippen LogP) is 1.02. The Labute approximate surface area is 158 Å². The number of esters is 1. The van der Waals surface area contributed by atoms with Crippen LogP contribution in [0.15, 0.2) is 24.3 Å². The molecular formula is C21H26N2O4. The Kier molecular flexibility index (Phi) is 2.83. The third-order valence-corrected chi connectivity index (χ3v) is 8.83. The predicted molar refractivity (Wildman–Crippen MR) is 98.3 cm³/mol. The molecule has 3 spiro atoms. The second kappa shape index (κ2) is 4.67. The van der Waals surface area contributed by atoms with Crippen molar-refractivity contribution < 1.29 is 19.7 Å². The fourth-order valence-corrected chi connectivity index (χ4v) is 8.13. The normalized spacial score (nSPS) is 49.1. The van der Waals surface area contributed by atoms with Gasteiger partial charge in [0.25, 0.3) is 0 Å². The first kappa shape index (κ1) is 16.3. The number of carbonyl (C=O) groups excluding carboxylic acids is 1. The lowest BCUT2D eigenvalue weighted by atomic mass is 9.36. The maximum Gasteiger partial charge on any atom is 0.343 e. The van der Waals surface area contributed by atoms with E-state index in [4.69, 9.17) is 4.74 Å². The number of carbonyl (C=O) groups is 1. The molecule has 3 N–H and O–H groups in total. The van der Waals surface area contributed by atoms with Crippen LogP contribution in [0.25, 0.3) is 0 Å². The lowest BCUT2D eigenvalue weighted by molar-refractivity contribution is -0.276. The minimum Gasteiger partial charge on any atom is -0.467 e. The summed E-state index contributed by atoms with van der Waals surface area (Å²) in [5, 5.41) is 27.1. The van der Waals surface area contributed by atoms with E-state index in [1.54, 1.807) is 0 Å². The average molecular weight is 370 g/mol. The van der Waals surface area contributed by atoms with Crippen LogP contribution >= 0.6 is 0 Å².